The average Bonchev–Trinajstić information content (AvgIpc) is 2.32. The number of hydrogen-bond donors (Lipinski definition) is 0. The number of alkyl halides is 1. The van der Waals surface area contributed by atoms with Crippen molar-refractivity contribution in [2.24, 2.45) is 7.05 Å². The van der Waals surface area contributed by atoms with E-state index < -0.39 is 0 Å². The molecule has 0 aliphatic heterocycles. The maximum atomic E-state index is 12.3. The molecule has 0 saturated carbocycles. The summed E-state index contributed by atoms with van der Waals surface area (Å²) in [7, 11) is 1.67. The Morgan fingerprint density at radius 2 is 2.17 bits per heavy atom. The number of pyridine rings is 1. The van der Waals surface area contributed by atoms with E-state index in [2.05, 4.69) is 15.9 Å². The van der Waals surface area contributed by atoms with Gasteiger partial charge in [0.15, 0.2) is 0 Å². The van der Waals surface area contributed by atoms with E-state index >= 15 is 0 Å². The van der Waals surface area contributed by atoms with Crippen LogP contribution in [-0.4, -0.2) is 33.3 Å². The minimum Gasteiger partial charge on any atom is -0.336 e. The lowest BCUT2D eigenvalue weighted by atomic mass is 10.2. The molecule has 0 unspecified atom stereocenters. The smallest absolute Gasteiger partial charge is 0.254 e. The van der Waals surface area contributed by atoms with Crippen LogP contribution in [0.4, 0.5) is 0 Å². The van der Waals surface area contributed by atoms with Crippen LogP contribution in [0.3, 0.4) is 0 Å². The van der Waals surface area contributed by atoms with E-state index in [0.29, 0.717) is 12.1 Å². The van der Waals surface area contributed by atoms with Gasteiger partial charge in [-0.3, -0.25) is 9.59 Å². The van der Waals surface area contributed by atoms with E-state index in [4.69, 9.17) is 0 Å². The van der Waals surface area contributed by atoms with Gasteiger partial charge in [-0.2, -0.15) is 0 Å². The van der Waals surface area contributed by atoms with E-state index in [1.165, 1.54) is 10.6 Å². The lowest BCUT2D eigenvalue weighted by molar-refractivity contribution is 0.0706. The molecule has 1 heterocycles. The molecule has 1 amide bonds. The van der Waals surface area contributed by atoms with Crippen molar-refractivity contribution in [3.63, 3.8) is 0 Å². The highest BCUT2D eigenvalue weighted by Gasteiger charge is 2.18. The van der Waals surface area contributed by atoms with Crippen molar-refractivity contribution in [3.8, 4) is 0 Å². The Kier molecular flexibility index (Phi) is 5.59. The molecule has 100 valence electrons. The maximum absolute atomic E-state index is 12.3. The number of rotatable bonds is 5. The molecule has 0 aliphatic rings. The molecule has 0 fully saturated rings. The van der Waals surface area contributed by atoms with Gasteiger partial charge in [-0.05, 0) is 26.3 Å². The molecular weight excluding hydrogens is 296 g/mol. The summed E-state index contributed by atoms with van der Waals surface area (Å²) in [4.78, 5) is 25.6. The maximum Gasteiger partial charge on any atom is 0.254 e. The van der Waals surface area contributed by atoms with E-state index in [1.807, 2.05) is 13.8 Å². The Hall–Kier alpha value is -1.10. The zero-order valence-corrected chi connectivity index (χ0v) is 12.6. The van der Waals surface area contributed by atoms with Crippen LogP contribution in [0.15, 0.2) is 23.1 Å². The summed E-state index contributed by atoms with van der Waals surface area (Å²) in [6.07, 6.45) is 2.52. The standard InChI is InChI=1S/C13H19BrN2O2/c1-10(2)16(7-4-6-14)13(18)11-5-8-15(3)12(17)9-11/h5,8-10H,4,6-7H2,1-3H3. The van der Waals surface area contributed by atoms with Gasteiger partial charge in [-0.1, -0.05) is 15.9 Å². The number of aryl methyl sites for hydroxylation is 1. The fourth-order valence-electron chi connectivity index (χ4n) is 1.67. The van der Waals surface area contributed by atoms with Crippen molar-refractivity contribution < 1.29 is 4.79 Å². The predicted octanol–water partition coefficient (Wildman–Crippen LogP) is 2.02. The zero-order valence-electron chi connectivity index (χ0n) is 11.0. The van der Waals surface area contributed by atoms with Gasteiger partial charge in [0.1, 0.15) is 0 Å². The van der Waals surface area contributed by atoms with Crippen LogP contribution in [0.2, 0.25) is 0 Å². The Balaban J connectivity index is 2.94. The zero-order chi connectivity index (χ0) is 13.7. The third-order valence-corrected chi connectivity index (χ3v) is 3.33. The third kappa shape index (κ3) is 3.70. The summed E-state index contributed by atoms with van der Waals surface area (Å²) in [5, 5.41) is 0.861. The van der Waals surface area contributed by atoms with Crippen LogP contribution < -0.4 is 5.56 Å². The van der Waals surface area contributed by atoms with Gasteiger partial charge in [-0.25, -0.2) is 0 Å². The molecule has 5 heteroatoms. The van der Waals surface area contributed by atoms with E-state index in [-0.39, 0.29) is 17.5 Å². The highest BCUT2D eigenvalue weighted by Crippen LogP contribution is 2.08. The number of hydrogen-bond acceptors (Lipinski definition) is 2. The molecule has 0 saturated heterocycles. The van der Waals surface area contributed by atoms with Gasteiger partial charge in [-0.15, -0.1) is 0 Å². The van der Waals surface area contributed by atoms with Crippen LogP contribution >= 0.6 is 15.9 Å². The molecule has 0 aromatic carbocycles. The molecule has 0 aliphatic carbocycles. The Morgan fingerprint density at radius 3 is 2.67 bits per heavy atom. The van der Waals surface area contributed by atoms with Crippen molar-refractivity contribution in [1.82, 2.24) is 9.47 Å². The van der Waals surface area contributed by atoms with Crippen LogP contribution in [0.5, 0.6) is 0 Å². The second-order valence-corrected chi connectivity index (χ2v) is 5.29. The highest BCUT2D eigenvalue weighted by molar-refractivity contribution is 9.09. The first-order chi connectivity index (χ1) is 8.47. The van der Waals surface area contributed by atoms with Crippen LogP contribution in [0, 0.1) is 0 Å². The van der Waals surface area contributed by atoms with Crippen molar-refractivity contribution in [3.05, 3.63) is 34.2 Å². The molecule has 18 heavy (non-hydrogen) atoms. The fourth-order valence-corrected chi connectivity index (χ4v) is 1.92. The van der Waals surface area contributed by atoms with Gasteiger partial charge < -0.3 is 9.47 Å². The van der Waals surface area contributed by atoms with Gasteiger partial charge >= 0.3 is 0 Å². The minimum absolute atomic E-state index is 0.0800. The normalized spacial score (nSPS) is 10.7. The van der Waals surface area contributed by atoms with Crippen LogP contribution in [-0.2, 0) is 7.05 Å². The Morgan fingerprint density at radius 1 is 1.50 bits per heavy atom. The first-order valence-corrected chi connectivity index (χ1v) is 7.13. The SMILES string of the molecule is CC(C)N(CCCBr)C(=O)c1ccn(C)c(=O)c1. The van der Waals surface area contributed by atoms with Crippen LogP contribution in [0.25, 0.3) is 0 Å². The molecule has 0 bridgehead atoms. The molecule has 0 atom stereocenters. The molecule has 1 rings (SSSR count). The molecule has 0 N–H and O–H groups in total. The second-order valence-electron chi connectivity index (χ2n) is 4.50. The lowest BCUT2D eigenvalue weighted by Crippen LogP contribution is -2.38. The number of aromatic nitrogens is 1. The second kappa shape index (κ2) is 6.73. The van der Waals surface area contributed by atoms with E-state index in [1.54, 1.807) is 24.2 Å². The molecule has 4 nitrogen and oxygen atoms in total. The van der Waals surface area contributed by atoms with Crippen molar-refractivity contribution in [1.29, 1.82) is 0 Å². The number of carbonyl (C=O) groups is 1. The first kappa shape index (κ1) is 15.0. The summed E-state index contributed by atoms with van der Waals surface area (Å²) >= 11 is 3.36. The Bertz CT molecular complexity index is 468. The van der Waals surface area contributed by atoms with Crippen LogP contribution in [0.1, 0.15) is 30.6 Å². The Labute approximate surface area is 116 Å². The first-order valence-electron chi connectivity index (χ1n) is 6.01. The fraction of sp³-hybridized carbons (Fsp3) is 0.538. The average molecular weight is 315 g/mol. The highest BCUT2D eigenvalue weighted by atomic mass is 79.9. The molecular formula is C13H19BrN2O2. The minimum atomic E-state index is -0.162. The van der Waals surface area contributed by atoms with Crippen molar-refractivity contribution in [2.45, 2.75) is 26.3 Å². The summed E-state index contributed by atoms with van der Waals surface area (Å²) in [5.41, 5.74) is 0.298. The van der Waals surface area contributed by atoms with Crippen molar-refractivity contribution >= 4 is 21.8 Å². The van der Waals surface area contributed by atoms with Crippen molar-refractivity contribution in [2.75, 3.05) is 11.9 Å². The number of nitrogens with zero attached hydrogens (tertiary/aromatic N) is 2. The summed E-state index contributed by atoms with van der Waals surface area (Å²) in [5.74, 6) is -0.0800. The van der Waals surface area contributed by atoms with Gasteiger partial charge in [0, 0.05) is 42.8 Å². The quantitative estimate of drug-likeness (QED) is 0.780. The molecule has 1 aromatic heterocycles. The number of amides is 1. The van der Waals surface area contributed by atoms with Gasteiger partial charge in [0.05, 0.1) is 0 Å². The largest absolute Gasteiger partial charge is 0.336 e. The van der Waals surface area contributed by atoms with E-state index in [9.17, 15) is 9.59 Å². The summed E-state index contributed by atoms with van der Waals surface area (Å²) in [6.45, 7) is 4.65. The number of carbonyl (C=O) groups excluding carboxylic acids is 1. The predicted molar refractivity (Wildman–Crippen MR) is 76.3 cm³/mol. The molecule has 0 radical (unpaired) electrons. The summed E-state index contributed by atoms with van der Waals surface area (Å²) < 4.78 is 1.45. The van der Waals surface area contributed by atoms with Gasteiger partial charge in [0.25, 0.3) is 11.5 Å². The topological polar surface area (TPSA) is 42.3 Å². The summed E-state index contributed by atoms with van der Waals surface area (Å²) in [6, 6.07) is 3.21. The molecule has 1 aromatic rings. The van der Waals surface area contributed by atoms with E-state index in [0.717, 1.165) is 11.8 Å². The molecule has 0 spiro atoms. The third-order valence-electron chi connectivity index (χ3n) is 2.77. The number of halogens is 1. The van der Waals surface area contributed by atoms with Gasteiger partial charge in [0.2, 0.25) is 0 Å². The monoisotopic (exact) mass is 314 g/mol. The lowest BCUT2D eigenvalue weighted by Gasteiger charge is -2.26.